The van der Waals surface area contributed by atoms with Crippen molar-refractivity contribution in [3.63, 3.8) is 0 Å². The van der Waals surface area contributed by atoms with E-state index in [1.807, 2.05) is 39.0 Å². The van der Waals surface area contributed by atoms with E-state index in [-0.39, 0.29) is 11.3 Å². The van der Waals surface area contributed by atoms with E-state index in [2.05, 4.69) is 5.32 Å². The monoisotopic (exact) mass is 240 g/mol. The van der Waals surface area contributed by atoms with Crippen LogP contribution in [0.3, 0.4) is 0 Å². The summed E-state index contributed by atoms with van der Waals surface area (Å²) in [7, 11) is 0. The van der Waals surface area contributed by atoms with E-state index in [0.29, 0.717) is 5.02 Å². The van der Waals surface area contributed by atoms with E-state index in [0.717, 1.165) is 5.69 Å². The van der Waals surface area contributed by atoms with Gasteiger partial charge in [0.2, 0.25) is 5.91 Å². The molecule has 0 saturated heterocycles. The third-order valence-corrected chi connectivity index (χ3v) is 2.65. The summed E-state index contributed by atoms with van der Waals surface area (Å²) >= 11 is 6.01. The Hall–Kier alpha value is -1.22. The van der Waals surface area contributed by atoms with Gasteiger partial charge in [-0.2, -0.15) is 0 Å². The van der Waals surface area contributed by atoms with Crippen molar-refractivity contribution in [2.45, 2.75) is 26.8 Å². The standard InChI is InChI=1S/C12H17ClN2O/c1-12(2,3)10(11(14)16)15-9-7-5-4-6-8(9)13/h4-7,10,15H,1-3H3,(H2,14,16). The molecule has 0 bridgehead atoms. The lowest BCUT2D eigenvalue weighted by atomic mass is 9.86. The molecule has 1 rings (SSSR count). The second-order valence-electron chi connectivity index (χ2n) is 4.83. The second kappa shape index (κ2) is 4.74. The summed E-state index contributed by atoms with van der Waals surface area (Å²) in [6.07, 6.45) is 0. The highest BCUT2D eigenvalue weighted by Gasteiger charge is 2.29. The lowest BCUT2D eigenvalue weighted by molar-refractivity contribution is -0.120. The number of carbonyl (C=O) groups is 1. The number of benzene rings is 1. The van der Waals surface area contributed by atoms with Crippen LogP contribution in [0, 0.1) is 5.41 Å². The van der Waals surface area contributed by atoms with Gasteiger partial charge in [0.05, 0.1) is 10.7 Å². The Balaban J connectivity index is 2.94. The number of para-hydroxylation sites is 1. The maximum absolute atomic E-state index is 11.4. The van der Waals surface area contributed by atoms with Gasteiger partial charge < -0.3 is 11.1 Å². The molecular weight excluding hydrogens is 224 g/mol. The quantitative estimate of drug-likeness (QED) is 0.854. The van der Waals surface area contributed by atoms with Crippen LogP contribution in [-0.2, 0) is 4.79 Å². The van der Waals surface area contributed by atoms with Crippen LogP contribution in [0.2, 0.25) is 5.02 Å². The molecule has 0 aliphatic heterocycles. The zero-order chi connectivity index (χ0) is 12.3. The minimum atomic E-state index is -0.451. The molecule has 3 nitrogen and oxygen atoms in total. The zero-order valence-electron chi connectivity index (χ0n) is 9.75. The molecule has 0 aliphatic rings. The van der Waals surface area contributed by atoms with Gasteiger partial charge in [-0.1, -0.05) is 44.5 Å². The molecule has 1 aromatic rings. The number of hydrogen-bond donors (Lipinski definition) is 2. The molecule has 0 saturated carbocycles. The number of halogens is 1. The first kappa shape index (κ1) is 12.8. The summed E-state index contributed by atoms with van der Waals surface area (Å²) in [5, 5.41) is 3.66. The fourth-order valence-corrected chi connectivity index (χ4v) is 1.64. The fourth-order valence-electron chi connectivity index (χ4n) is 1.45. The Morgan fingerprint density at radius 2 is 1.94 bits per heavy atom. The number of carbonyl (C=O) groups excluding carboxylic acids is 1. The highest BCUT2D eigenvalue weighted by molar-refractivity contribution is 6.33. The van der Waals surface area contributed by atoms with Crippen molar-refractivity contribution in [1.29, 1.82) is 0 Å². The molecule has 0 fully saturated rings. The topological polar surface area (TPSA) is 55.1 Å². The van der Waals surface area contributed by atoms with Crippen molar-refractivity contribution in [3.05, 3.63) is 29.3 Å². The van der Waals surface area contributed by atoms with Crippen LogP contribution in [0.15, 0.2) is 24.3 Å². The summed E-state index contributed by atoms with van der Waals surface area (Å²) in [6.45, 7) is 5.85. The van der Waals surface area contributed by atoms with Gasteiger partial charge in [-0.3, -0.25) is 4.79 Å². The van der Waals surface area contributed by atoms with E-state index >= 15 is 0 Å². The zero-order valence-corrected chi connectivity index (χ0v) is 10.5. The van der Waals surface area contributed by atoms with Gasteiger partial charge in [0.15, 0.2) is 0 Å². The molecule has 1 amide bonds. The minimum absolute atomic E-state index is 0.259. The van der Waals surface area contributed by atoms with Crippen LogP contribution in [0.1, 0.15) is 20.8 Å². The predicted molar refractivity (Wildman–Crippen MR) is 67.5 cm³/mol. The molecule has 0 heterocycles. The summed E-state index contributed by atoms with van der Waals surface area (Å²) < 4.78 is 0. The molecule has 0 radical (unpaired) electrons. The molecule has 1 unspecified atom stereocenters. The first-order valence-corrected chi connectivity index (χ1v) is 5.50. The van der Waals surface area contributed by atoms with E-state index < -0.39 is 6.04 Å². The third kappa shape index (κ3) is 3.14. The van der Waals surface area contributed by atoms with Crippen molar-refractivity contribution in [2.75, 3.05) is 5.32 Å². The van der Waals surface area contributed by atoms with Crippen molar-refractivity contribution in [2.24, 2.45) is 11.1 Å². The summed E-state index contributed by atoms with van der Waals surface area (Å²) in [5.41, 5.74) is 5.84. The summed E-state index contributed by atoms with van der Waals surface area (Å²) in [5.74, 6) is -0.382. The average molecular weight is 241 g/mol. The Morgan fingerprint density at radius 3 is 2.38 bits per heavy atom. The molecule has 1 atom stereocenters. The largest absolute Gasteiger partial charge is 0.372 e. The van der Waals surface area contributed by atoms with Gasteiger partial charge in [-0.25, -0.2) is 0 Å². The molecule has 0 aromatic heterocycles. The van der Waals surface area contributed by atoms with E-state index in [4.69, 9.17) is 17.3 Å². The van der Waals surface area contributed by atoms with Crippen LogP contribution in [0.5, 0.6) is 0 Å². The van der Waals surface area contributed by atoms with Gasteiger partial charge in [0, 0.05) is 0 Å². The molecular formula is C12H17ClN2O. The molecule has 3 N–H and O–H groups in total. The lowest BCUT2D eigenvalue weighted by Crippen LogP contribution is -2.45. The van der Waals surface area contributed by atoms with Gasteiger partial charge in [-0.05, 0) is 17.5 Å². The summed E-state index contributed by atoms with van der Waals surface area (Å²) in [6, 6.07) is 6.83. The molecule has 16 heavy (non-hydrogen) atoms. The number of nitrogens with two attached hydrogens (primary N) is 1. The predicted octanol–water partition coefficient (Wildman–Crippen LogP) is 2.65. The highest BCUT2D eigenvalue weighted by atomic mass is 35.5. The molecule has 4 heteroatoms. The third-order valence-electron chi connectivity index (χ3n) is 2.32. The average Bonchev–Trinajstić information content (AvgIpc) is 2.14. The first-order valence-electron chi connectivity index (χ1n) is 5.13. The minimum Gasteiger partial charge on any atom is -0.372 e. The number of hydrogen-bond acceptors (Lipinski definition) is 2. The number of nitrogens with one attached hydrogen (secondary N) is 1. The SMILES string of the molecule is CC(C)(C)C(Nc1ccccc1Cl)C(N)=O. The van der Waals surface area contributed by atoms with Gasteiger partial charge >= 0.3 is 0 Å². The van der Waals surface area contributed by atoms with Crippen molar-refractivity contribution < 1.29 is 4.79 Å². The van der Waals surface area contributed by atoms with Crippen LogP contribution >= 0.6 is 11.6 Å². The number of primary amides is 1. The van der Waals surface area contributed by atoms with Crippen LogP contribution in [0.4, 0.5) is 5.69 Å². The normalized spacial score (nSPS) is 13.2. The second-order valence-corrected chi connectivity index (χ2v) is 5.23. The van der Waals surface area contributed by atoms with Crippen LogP contribution in [0.25, 0.3) is 0 Å². The van der Waals surface area contributed by atoms with Crippen molar-refractivity contribution >= 4 is 23.2 Å². The fraction of sp³-hybridized carbons (Fsp3) is 0.417. The molecule has 88 valence electrons. The Labute approximate surface area is 101 Å². The Bertz CT molecular complexity index is 385. The Morgan fingerprint density at radius 1 is 1.38 bits per heavy atom. The lowest BCUT2D eigenvalue weighted by Gasteiger charge is -2.29. The van der Waals surface area contributed by atoms with E-state index in [1.165, 1.54) is 0 Å². The maximum atomic E-state index is 11.4. The molecule has 0 aliphatic carbocycles. The number of amides is 1. The van der Waals surface area contributed by atoms with Crippen molar-refractivity contribution in [1.82, 2.24) is 0 Å². The first-order chi connectivity index (χ1) is 7.32. The Kier molecular flexibility index (Phi) is 3.81. The van der Waals surface area contributed by atoms with E-state index in [1.54, 1.807) is 6.07 Å². The summed E-state index contributed by atoms with van der Waals surface area (Å²) in [4.78, 5) is 11.4. The van der Waals surface area contributed by atoms with Gasteiger partial charge in [-0.15, -0.1) is 0 Å². The molecule has 0 spiro atoms. The highest BCUT2D eigenvalue weighted by Crippen LogP contribution is 2.27. The van der Waals surface area contributed by atoms with Crippen LogP contribution in [-0.4, -0.2) is 11.9 Å². The number of anilines is 1. The molecule has 1 aromatic carbocycles. The smallest absolute Gasteiger partial charge is 0.240 e. The van der Waals surface area contributed by atoms with E-state index in [9.17, 15) is 4.79 Å². The van der Waals surface area contributed by atoms with Gasteiger partial charge in [0.25, 0.3) is 0 Å². The van der Waals surface area contributed by atoms with Crippen molar-refractivity contribution in [3.8, 4) is 0 Å². The van der Waals surface area contributed by atoms with Crippen LogP contribution < -0.4 is 11.1 Å². The maximum Gasteiger partial charge on any atom is 0.240 e. The van der Waals surface area contributed by atoms with Gasteiger partial charge in [0.1, 0.15) is 6.04 Å². The number of rotatable bonds is 3.